The van der Waals surface area contributed by atoms with Crippen molar-refractivity contribution in [3.05, 3.63) is 58.7 Å². The van der Waals surface area contributed by atoms with Crippen molar-refractivity contribution in [3.63, 3.8) is 0 Å². The van der Waals surface area contributed by atoms with Gasteiger partial charge in [-0.1, -0.05) is 12.1 Å². The number of halogens is 1. The van der Waals surface area contributed by atoms with Gasteiger partial charge in [-0.05, 0) is 55.4 Å². The number of carboxylic acid groups (broad SMARTS) is 1. The fourth-order valence-electron chi connectivity index (χ4n) is 4.43. The van der Waals surface area contributed by atoms with Crippen LogP contribution in [0.1, 0.15) is 46.4 Å². The number of aromatic amines is 1. The second kappa shape index (κ2) is 6.49. The molecule has 5 rings (SSSR count). The number of nitrogens with two attached hydrogens (primary N) is 1. The number of benzene rings is 1. The maximum atomic E-state index is 13.6. The van der Waals surface area contributed by atoms with Gasteiger partial charge in [0, 0.05) is 29.4 Å². The zero-order valence-electron chi connectivity index (χ0n) is 15.8. The molecule has 29 heavy (non-hydrogen) atoms. The molecule has 2 aliphatic rings. The summed E-state index contributed by atoms with van der Waals surface area (Å²) < 4.78 is 13.6. The van der Waals surface area contributed by atoms with Gasteiger partial charge in [-0.15, -0.1) is 0 Å². The molecule has 0 unspecified atom stereocenters. The molecule has 148 valence electrons. The fourth-order valence-corrected chi connectivity index (χ4v) is 4.43. The molecule has 4 N–H and O–H groups in total. The van der Waals surface area contributed by atoms with Crippen LogP contribution in [0, 0.1) is 5.82 Å². The summed E-state index contributed by atoms with van der Waals surface area (Å²) in [5, 5.41) is 9.87. The Morgan fingerprint density at radius 3 is 2.83 bits per heavy atom. The van der Waals surface area contributed by atoms with Crippen LogP contribution in [-0.4, -0.2) is 31.6 Å². The number of aryl methyl sites for hydroxylation is 1. The first-order valence-corrected chi connectivity index (χ1v) is 9.82. The monoisotopic (exact) mass is 392 g/mol. The lowest BCUT2D eigenvalue weighted by Gasteiger charge is -2.38. The van der Waals surface area contributed by atoms with E-state index in [1.165, 1.54) is 12.1 Å². The van der Waals surface area contributed by atoms with Crippen molar-refractivity contribution in [2.45, 2.75) is 44.1 Å². The standard InChI is InChI=1S/C22H21FN4O2/c23-14-4-1-3-12(9-14)20-25-11-13-5-6-15-17(21(28)29)16(10-22(24)7-2-8-22)26-19(15)18(13)27-20/h1,3-4,9,11,26H,2,5-8,10,24H2,(H,28,29). The summed E-state index contributed by atoms with van der Waals surface area (Å²) in [5.74, 6) is -0.879. The molecule has 0 atom stereocenters. The number of fused-ring (bicyclic) bond motifs is 3. The van der Waals surface area contributed by atoms with Gasteiger partial charge in [0.05, 0.1) is 17.0 Å². The number of hydrogen-bond acceptors (Lipinski definition) is 4. The first-order valence-electron chi connectivity index (χ1n) is 9.82. The molecule has 2 aliphatic carbocycles. The Bertz CT molecular complexity index is 1130. The zero-order valence-corrected chi connectivity index (χ0v) is 15.8. The minimum Gasteiger partial charge on any atom is -0.478 e. The van der Waals surface area contributed by atoms with Crippen molar-refractivity contribution in [3.8, 4) is 22.8 Å². The van der Waals surface area contributed by atoms with E-state index in [4.69, 9.17) is 5.73 Å². The summed E-state index contributed by atoms with van der Waals surface area (Å²) in [6, 6.07) is 6.14. The highest BCUT2D eigenvalue weighted by atomic mass is 19.1. The molecule has 0 saturated heterocycles. The van der Waals surface area contributed by atoms with Crippen LogP contribution in [0.15, 0.2) is 30.5 Å². The number of aromatic nitrogens is 3. The third kappa shape index (κ3) is 3.02. The molecule has 3 aromatic rings. The van der Waals surface area contributed by atoms with E-state index in [9.17, 15) is 14.3 Å². The van der Waals surface area contributed by atoms with E-state index in [1.807, 2.05) is 0 Å². The summed E-state index contributed by atoms with van der Waals surface area (Å²) in [5.41, 5.74) is 10.8. The smallest absolute Gasteiger partial charge is 0.337 e. The van der Waals surface area contributed by atoms with Crippen LogP contribution in [0.4, 0.5) is 4.39 Å². The number of nitrogens with zero attached hydrogens (tertiary/aromatic N) is 2. The van der Waals surface area contributed by atoms with E-state index in [2.05, 4.69) is 15.0 Å². The normalized spacial score (nSPS) is 16.6. The SMILES string of the molecule is NC1(Cc2[nH]c3c(c2C(=O)O)CCc2cnc(-c4cccc(F)c4)nc2-3)CCC1. The minimum absolute atomic E-state index is 0.327. The van der Waals surface area contributed by atoms with Gasteiger partial charge in [-0.2, -0.15) is 0 Å². The predicted octanol–water partition coefficient (Wildman–Crippen LogP) is 3.50. The van der Waals surface area contributed by atoms with Crippen LogP contribution in [0.5, 0.6) is 0 Å². The van der Waals surface area contributed by atoms with Crippen molar-refractivity contribution in [2.24, 2.45) is 5.73 Å². The molecule has 6 nitrogen and oxygen atoms in total. The van der Waals surface area contributed by atoms with E-state index in [1.54, 1.807) is 18.3 Å². The Morgan fingerprint density at radius 2 is 2.14 bits per heavy atom. The minimum atomic E-state index is -0.941. The number of rotatable bonds is 4. The number of nitrogens with one attached hydrogen (secondary N) is 1. The molecular formula is C22H21FN4O2. The van der Waals surface area contributed by atoms with Crippen molar-refractivity contribution in [1.82, 2.24) is 15.0 Å². The van der Waals surface area contributed by atoms with Crippen molar-refractivity contribution in [1.29, 1.82) is 0 Å². The highest BCUT2D eigenvalue weighted by Gasteiger charge is 2.36. The molecular weight excluding hydrogens is 371 g/mol. The Kier molecular flexibility index (Phi) is 4.03. The van der Waals surface area contributed by atoms with Crippen LogP contribution in [0.2, 0.25) is 0 Å². The van der Waals surface area contributed by atoms with E-state index in [0.29, 0.717) is 47.6 Å². The summed E-state index contributed by atoms with van der Waals surface area (Å²) in [6.45, 7) is 0. The molecule has 1 aromatic carbocycles. The third-order valence-corrected chi connectivity index (χ3v) is 6.10. The number of hydrogen-bond donors (Lipinski definition) is 3. The van der Waals surface area contributed by atoms with Crippen molar-refractivity contribution >= 4 is 5.97 Å². The van der Waals surface area contributed by atoms with Gasteiger partial charge in [0.15, 0.2) is 5.82 Å². The second-order valence-electron chi connectivity index (χ2n) is 8.11. The van der Waals surface area contributed by atoms with E-state index in [-0.39, 0.29) is 11.4 Å². The van der Waals surface area contributed by atoms with Crippen LogP contribution >= 0.6 is 0 Å². The molecule has 1 saturated carbocycles. The summed E-state index contributed by atoms with van der Waals surface area (Å²) in [7, 11) is 0. The highest BCUT2D eigenvalue weighted by molar-refractivity contribution is 5.94. The van der Waals surface area contributed by atoms with Crippen molar-refractivity contribution in [2.75, 3.05) is 0 Å². The van der Waals surface area contributed by atoms with Crippen LogP contribution in [0.25, 0.3) is 22.8 Å². The number of aromatic carboxylic acids is 1. The average Bonchev–Trinajstić information content (AvgIpc) is 3.04. The van der Waals surface area contributed by atoms with Gasteiger partial charge in [0.1, 0.15) is 5.82 Å². The maximum Gasteiger partial charge on any atom is 0.337 e. The highest BCUT2D eigenvalue weighted by Crippen LogP contribution is 2.39. The summed E-state index contributed by atoms with van der Waals surface area (Å²) >= 11 is 0. The zero-order chi connectivity index (χ0) is 20.2. The fraction of sp³-hybridized carbons (Fsp3) is 0.318. The molecule has 0 aliphatic heterocycles. The number of H-pyrrole nitrogens is 1. The lowest BCUT2D eigenvalue weighted by Crippen LogP contribution is -2.48. The first kappa shape index (κ1) is 18.0. The predicted molar refractivity (Wildman–Crippen MR) is 106 cm³/mol. The first-order chi connectivity index (χ1) is 13.9. The van der Waals surface area contributed by atoms with Gasteiger partial charge >= 0.3 is 5.97 Å². The third-order valence-electron chi connectivity index (χ3n) is 6.10. The Hall–Kier alpha value is -3.06. The quantitative estimate of drug-likeness (QED) is 0.630. The van der Waals surface area contributed by atoms with E-state index >= 15 is 0 Å². The largest absolute Gasteiger partial charge is 0.478 e. The van der Waals surface area contributed by atoms with Gasteiger partial charge in [-0.3, -0.25) is 0 Å². The molecule has 0 bridgehead atoms. The summed E-state index contributed by atoms with van der Waals surface area (Å²) in [6.07, 6.45) is 6.42. The van der Waals surface area contributed by atoms with E-state index in [0.717, 1.165) is 36.1 Å². The molecule has 1 fully saturated rings. The topological polar surface area (TPSA) is 105 Å². The summed E-state index contributed by atoms with van der Waals surface area (Å²) in [4.78, 5) is 24.5. The lowest BCUT2D eigenvalue weighted by molar-refractivity contribution is 0.0694. The van der Waals surface area contributed by atoms with Crippen LogP contribution in [-0.2, 0) is 19.3 Å². The average molecular weight is 392 g/mol. The number of carboxylic acids is 1. The molecule has 0 amide bonds. The van der Waals surface area contributed by atoms with Crippen molar-refractivity contribution < 1.29 is 14.3 Å². The molecule has 7 heteroatoms. The molecule has 2 heterocycles. The second-order valence-corrected chi connectivity index (χ2v) is 8.11. The van der Waals surface area contributed by atoms with Gasteiger partial charge in [0.2, 0.25) is 0 Å². The van der Waals surface area contributed by atoms with Crippen LogP contribution in [0.3, 0.4) is 0 Å². The number of carbonyl (C=O) groups is 1. The van der Waals surface area contributed by atoms with Gasteiger partial charge in [0.25, 0.3) is 0 Å². The lowest BCUT2D eigenvalue weighted by atomic mass is 9.74. The Balaban J connectivity index is 1.63. The molecule has 0 spiro atoms. The van der Waals surface area contributed by atoms with E-state index < -0.39 is 5.97 Å². The van der Waals surface area contributed by atoms with Gasteiger partial charge < -0.3 is 15.8 Å². The maximum absolute atomic E-state index is 13.6. The molecule has 0 radical (unpaired) electrons. The molecule has 2 aromatic heterocycles. The van der Waals surface area contributed by atoms with Gasteiger partial charge in [-0.25, -0.2) is 19.2 Å². The Labute approximate surface area is 167 Å². The van der Waals surface area contributed by atoms with Crippen LogP contribution < -0.4 is 5.73 Å². The Morgan fingerprint density at radius 1 is 1.31 bits per heavy atom.